The number of rotatable bonds is 6. The molecule has 1 aliphatic rings. The zero-order valence-electron chi connectivity index (χ0n) is 15.6. The number of amides is 1. The van der Waals surface area contributed by atoms with E-state index in [1.165, 1.54) is 0 Å². The molecule has 1 fully saturated rings. The van der Waals surface area contributed by atoms with Gasteiger partial charge < -0.3 is 19.4 Å². The Bertz CT molecular complexity index is 585. The van der Waals surface area contributed by atoms with Crippen LogP contribution >= 0.6 is 0 Å². The number of carbonyl (C=O) groups excluding carboxylic acids is 1. The topological polar surface area (TPSA) is 56.8 Å². The minimum atomic E-state index is -0.375. The quantitative estimate of drug-likeness (QED) is 0.635. The monoisotopic (exact) mass is 333 g/mol. The van der Waals surface area contributed by atoms with E-state index in [0.29, 0.717) is 19.6 Å². The van der Waals surface area contributed by atoms with E-state index in [4.69, 9.17) is 14.0 Å². The van der Waals surface area contributed by atoms with Crippen LogP contribution in [0.2, 0.25) is 0 Å². The lowest BCUT2D eigenvalue weighted by atomic mass is 9.75. The number of carbonyl (C=O) groups is 1. The fourth-order valence-electron chi connectivity index (χ4n) is 2.62. The third kappa shape index (κ3) is 4.18. The maximum Gasteiger partial charge on any atom is 0.495 e. The Labute approximate surface area is 145 Å². The van der Waals surface area contributed by atoms with Crippen molar-refractivity contribution >= 4 is 18.5 Å². The minimum absolute atomic E-state index is 0.00478. The van der Waals surface area contributed by atoms with Gasteiger partial charge in [-0.15, -0.1) is 0 Å². The van der Waals surface area contributed by atoms with Gasteiger partial charge in [-0.1, -0.05) is 23.8 Å². The summed E-state index contributed by atoms with van der Waals surface area (Å²) in [5.41, 5.74) is 2.34. The second-order valence-electron chi connectivity index (χ2n) is 7.30. The van der Waals surface area contributed by atoms with Gasteiger partial charge in [0.2, 0.25) is 5.91 Å². The van der Waals surface area contributed by atoms with E-state index in [-0.39, 0.29) is 24.2 Å². The van der Waals surface area contributed by atoms with Crippen molar-refractivity contribution in [2.75, 3.05) is 20.3 Å². The van der Waals surface area contributed by atoms with E-state index in [1.54, 1.807) is 7.11 Å². The standard InChI is InChI=1S/C18H28BNO4/c1-13-11-14(12-16(21)20-9-10-22-6)7-8-15(13)19-23-17(2,3)18(4,5)24-19/h7-8,11H,9-10,12H2,1-6H3,(H,20,21). The lowest BCUT2D eigenvalue weighted by molar-refractivity contribution is -0.120. The molecule has 132 valence electrons. The summed E-state index contributed by atoms with van der Waals surface area (Å²) in [5, 5.41) is 2.83. The van der Waals surface area contributed by atoms with Gasteiger partial charge in [-0.05, 0) is 45.6 Å². The van der Waals surface area contributed by atoms with Gasteiger partial charge in [0.15, 0.2) is 0 Å². The summed E-state index contributed by atoms with van der Waals surface area (Å²) >= 11 is 0. The van der Waals surface area contributed by atoms with Crippen molar-refractivity contribution in [1.29, 1.82) is 0 Å². The minimum Gasteiger partial charge on any atom is -0.399 e. The Hall–Kier alpha value is -1.37. The average molecular weight is 333 g/mol. The highest BCUT2D eigenvalue weighted by molar-refractivity contribution is 6.62. The summed E-state index contributed by atoms with van der Waals surface area (Å²) < 4.78 is 17.1. The van der Waals surface area contributed by atoms with E-state index >= 15 is 0 Å². The molecule has 24 heavy (non-hydrogen) atoms. The summed E-state index contributed by atoms with van der Waals surface area (Å²) in [6.07, 6.45) is 0.355. The van der Waals surface area contributed by atoms with Crippen LogP contribution in [0, 0.1) is 6.92 Å². The van der Waals surface area contributed by atoms with Gasteiger partial charge in [-0.2, -0.15) is 0 Å². The van der Waals surface area contributed by atoms with Crippen LogP contribution < -0.4 is 10.8 Å². The second kappa shape index (κ2) is 7.25. The van der Waals surface area contributed by atoms with E-state index in [1.807, 2.05) is 52.8 Å². The molecule has 1 aliphatic heterocycles. The van der Waals surface area contributed by atoms with Crippen LogP contribution in [-0.4, -0.2) is 44.5 Å². The molecule has 1 N–H and O–H groups in total. The number of hydrogen-bond donors (Lipinski definition) is 1. The van der Waals surface area contributed by atoms with Gasteiger partial charge in [-0.25, -0.2) is 0 Å². The molecule has 0 bridgehead atoms. The molecule has 2 rings (SSSR count). The van der Waals surface area contributed by atoms with Crippen molar-refractivity contribution in [3.05, 3.63) is 29.3 Å². The highest BCUT2D eigenvalue weighted by atomic mass is 16.7. The SMILES string of the molecule is COCCNC(=O)Cc1ccc(B2OC(C)(C)C(C)(C)O2)c(C)c1. The Morgan fingerprint density at radius 2 is 1.83 bits per heavy atom. The maximum absolute atomic E-state index is 11.9. The van der Waals surface area contributed by atoms with Crippen molar-refractivity contribution in [2.24, 2.45) is 0 Å². The lowest BCUT2D eigenvalue weighted by Gasteiger charge is -2.32. The Kier molecular flexibility index (Phi) is 5.73. The van der Waals surface area contributed by atoms with Crippen LogP contribution in [0.3, 0.4) is 0 Å². The van der Waals surface area contributed by atoms with Crippen molar-refractivity contribution < 1.29 is 18.8 Å². The molecule has 0 unspecified atom stereocenters. The second-order valence-corrected chi connectivity index (χ2v) is 7.30. The van der Waals surface area contributed by atoms with Gasteiger partial charge >= 0.3 is 7.12 Å². The van der Waals surface area contributed by atoms with Crippen LogP contribution in [0.5, 0.6) is 0 Å². The number of nitrogens with one attached hydrogen (secondary N) is 1. The van der Waals surface area contributed by atoms with E-state index in [2.05, 4.69) is 5.32 Å². The summed E-state index contributed by atoms with van der Waals surface area (Å²) in [6.45, 7) is 11.2. The molecule has 1 amide bonds. The van der Waals surface area contributed by atoms with Crippen LogP contribution in [0.4, 0.5) is 0 Å². The maximum atomic E-state index is 11.9. The van der Waals surface area contributed by atoms with E-state index in [0.717, 1.165) is 16.6 Å². The molecule has 1 heterocycles. The molecule has 0 radical (unpaired) electrons. The number of aryl methyl sites for hydroxylation is 1. The molecule has 0 atom stereocenters. The predicted octanol–water partition coefficient (Wildman–Crippen LogP) is 1.60. The molecule has 0 aromatic heterocycles. The molecule has 1 saturated heterocycles. The summed E-state index contributed by atoms with van der Waals surface area (Å²) in [4.78, 5) is 11.9. The third-order valence-electron chi connectivity index (χ3n) is 4.83. The predicted molar refractivity (Wildman–Crippen MR) is 95.5 cm³/mol. The molecular weight excluding hydrogens is 305 g/mol. The van der Waals surface area contributed by atoms with Crippen LogP contribution in [0.1, 0.15) is 38.8 Å². The number of hydrogen-bond acceptors (Lipinski definition) is 4. The molecule has 5 nitrogen and oxygen atoms in total. The fourth-order valence-corrected chi connectivity index (χ4v) is 2.62. The highest BCUT2D eigenvalue weighted by Crippen LogP contribution is 2.36. The summed E-state index contributed by atoms with van der Waals surface area (Å²) in [6, 6.07) is 5.98. The molecule has 1 aromatic carbocycles. The first-order chi connectivity index (χ1) is 11.2. The Morgan fingerprint density at radius 1 is 1.21 bits per heavy atom. The lowest BCUT2D eigenvalue weighted by Crippen LogP contribution is -2.41. The first-order valence-electron chi connectivity index (χ1n) is 8.37. The van der Waals surface area contributed by atoms with Crippen LogP contribution in [0.25, 0.3) is 0 Å². The van der Waals surface area contributed by atoms with Crippen molar-refractivity contribution in [2.45, 2.75) is 52.2 Å². The normalized spacial score (nSPS) is 18.7. The van der Waals surface area contributed by atoms with Crippen LogP contribution in [-0.2, 0) is 25.3 Å². The fraction of sp³-hybridized carbons (Fsp3) is 0.611. The number of ether oxygens (including phenoxy) is 1. The molecular formula is C18H28BNO4. The largest absolute Gasteiger partial charge is 0.495 e. The van der Waals surface area contributed by atoms with E-state index < -0.39 is 0 Å². The van der Waals surface area contributed by atoms with Crippen molar-refractivity contribution in [3.63, 3.8) is 0 Å². The summed E-state index contributed by atoms with van der Waals surface area (Å²) in [7, 11) is 1.24. The van der Waals surface area contributed by atoms with Gasteiger partial charge in [0.05, 0.1) is 24.2 Å². The van der Waals surface area contributed by atoms with E-state index in [9.17, 15) is 4.79 Å². The highest BCUT2D eigenvalue weighted by Gasteiger charge is 2.51. The number of benzene rings is 1. The van der Waals surface area contributed by atoms with Crippen molar-refractivity contribution in [1.82, 2.24) is 5.32 Å². The first kappa shape index (κ1) is 19.0. The smallest absolute Gasteiger partial charge is 0.399 e. The van der Waals surface area contributed by atoms with Gasteiger partial charge in [0.1, 0.15) is 0 Å². The third-order valence-corrected chi connectivity index (χ3v) is 4.83. The molecule has 0 saturated carbocycles. The van der Waals surface area contributed by atoms with Gasteiger partial charge in [-0.3, -0.25) is 4.79 Å². The molecule has 0 aliphatic carbocycles. The van der Waals surface area contributed by atoms with Gasteiger partial charge in [0, 0.05) is 13.7 Å². The Balaban J connectivity index is 2.04. The average Bonchev–Trinajstić information content (AvgIpc) is 2.67. The van der Waals surface area contributed by atoms with Crippen molar-refractivity contribution in [3.8, 4) is 0 Å². The van der Waals surface area contributed by atoms with Crippen LogP contribution in [0.15, 0.2) is 18.2 Å². The zero-order chi connectivity index (χ0) is 18.0. The molecule has 6 heteroatoms. The molecule has 1 aromatic rings. The first-order valence-corrected chi connectivity index (χ1v) is 8.37. The number of methoxy groups -OCH3 is 1. The van der Waals surface area contributed by atoms with Gasteiger partial charge in [0.25, 0.3) is 0 Å². The molecule has 0 spiro atoms. The zero-order valence-corrected chi connectivity index (χ0v) is 15.6. The summed E-state index contributed by atoms with van der Waals surface area (Å²) in [5.74, 6) is -0.00478. The Morgan fingerprint density at radius 3 is 2.38 bits per heavy atom.